The number of nitrogen functional groups attached to an aromatic ring is 1. The van der Waals surface area contributed by atoms with E-state index in [-0.39, 0.29) is 56.1 Å². The van der Waals surface area contributed by atoms with Crippen LogP contribution in [-0.2, 0) is 4.79 Å². The van der Waals surface area contributed by atoms with Crippen LogP contribution in [0.5, 0.6) is 23.0 Å². The Balaban J connectivity index is 0.000000306. The Morgan fingerprint density at radius 2 is 1.10 bits per heavy atom. The zero-order chi connectivity index (χ0) is 40.7. The Morgan fingerprint density at radius 1 is 0.678 bits per heavy atom. The molecule has 4 aromatic rings. The van der Waals surface area contributed by atoms with Gasteiger partial charge in [-0.3, -0.25) is 4.79 Å². The number of amides is 1. The summed E-state index contributed by atoms with van der Waals surface area (Å²) in [4.78, 5) is 15.7. The highest BCUT2D eigenvalue weighted by molar-refractivity contribution is 6.42. The number of nitrogens with one attached hydrogen (secondary N) is 1. The second kappa shape index (κ2) is 25.6. The summed E-state index contributed by atoms with van der Waals surface area (Å²) in [7, 11) is 0. The third kappa shape index (κ3) is 17.1. The average Bonchev–Trinajstić information content (AvgIpc) is 3.19. The summed E-state index contributed by atoms with van der Waals surface area (Å²) in [6, 6.07) is 25.1. The number of likely N-dealkylation sites (tertiary alicyclic amines) is 2. The lowest BCUT2D eigenvalue weighted by molar-refractivity contribution is -0.114. The zero-order valence-corrected chi connectivity index (χ0v) is 37.3. The zero-order valence-electron chi connectivity index (χ0n) is 32.6. The van der Waals surface area contributed by atoms with E-state index in [0.717, 1.165) is 57.6 Å². The standard InChI is InChI=1S/C22H26Cl2N2O4.C20H24Cl2N2O3.2ClH/c1-15(27)25-21-4-2-3-5-22(21)29-14-16(28)13-26-10-8-17(9-11-26)30-18-6-7-19(23)20(24)12-18;21-17-6-5-16(11-18(17)22)27-15-7-9-24(10-8-15)12-14(25)13-26-20-4-2-1-3-19(20)23;;/h2-7,12,16-17,28H,8-11,13-14H2,1H3,(H,25,27);1-6,11,14-15,25H,7-10,12-13,23H2;2*1H. The van der Waals surface area contributed by atoms with Crippen LogP contribution in [0.2, 0.25) is 20.1 Å². The minimum absolute atomic E-state index is 0. The van der Waals surface area contributed by atoms with Crippen molar-refractivity contribution in [3.8, 4) is 23.0 Å². The molecule has 0 radical (unpaired) electrons. The number of benzene rings is 4. The summed E-state index contributed by atoms with van der Waals surface area (Å²) in [6.45, 7) is 6.25. The fourth-order valence-electron chi connectivity index (χ4n) is 6.48. The van der Waals surface area contributed by atoms with Crippen molar-refractivity contribution in [3.05, 3.63) is 105 Å². The van der Waals surface area contributed by atoms with Crippen molar-refractivity contribution in [2.75, 3.05) is 63.5 Å². The van der Waals surface area contributed by atoms with Gasteiger partial charge >= 0.3 is 0 Å². The Hall–Kier alpha value is -3.07. The summed E-state index contributed by atoms with van der Waals surface area (Å²) in [5.74, 6) is 2.43. The number of nitrogens with zero attached hydrogens (tertiary/aromatic N) is 2. The molecule has 1 amide bonds. The van der Waals surface area contributed by atoms with E-state index in [1.54, 1.807) is 48.5 Å². The number of piperidine rings is 2. The van der Waals surface area contributed by atoms with Gasteiger partial charge in [0.05, 0.1) is 31.5 Å². The number of hydrogen-bond acceptors (Lipinski definition) is 10. The van der Waals surface area contributed by atoms with Crippen LogP contribution in [0.25, 0.3) is 0 Å². The van der Waals surface area contributed by atoms with Gasteiger partial charge < -0.3 is 50.0 Å². The summed E-state index contributed by atoms with van der Waals surface area (Å²) in [6.07, 6.45) is 2.53. The van der Waals surface area contributed by atoms with Gasteiger partial charge in [-0.15, -0.1) is 24.8 Å². The van der Waals surface area contributed by atoms with Gasteiger partial charge in [-0.05, 0) is 74.2 Å². The normalized spacial score (nSPS) is 15.9. The first-order chi connectivity index (χ1) is 27.4. The van der Waals surface area contributed by atoms with Crippen molar-refractivity contribution in [2.45, 2.75) is 57.0 Å². The predicted octanol–water partition coefficient (Wildman–Crippen LogP) is 8.94. The fourth-order valence-corrected chi connectivity index (χ4v) is 7.05. The van der Waals surface area contributed by atoms with Gasteiger partial charge in [0.1, 0.15) is 60.6 Å². The number of nitrogens with two attached hydrogens (primary N) is 1. The molecule has 0 aromatic heterocycles. The van der Waals surface area contributed by atoms with Crippen LogP contribution in [0.15, 0.2) is 84.9 Å². The van der Waals surface area contributed by atoms with Crippen molar-refractivity contribution < 1.29 is 34.0 Å². The van der Waals surface area contributed by atoms with Crippen LogP contribution < -0.4 is 30.0 Å². The minimum Gasteiger partial charge on any atom is -0.490 e. The highest BCUT2D eigenvalue weighted by Gasteiger charge is 2.24. The van der Waals surface area contributed by atoms with Crippen LogP contribution in [0.3, 0.4) is 0 Å². The van der Waals surface area contributed by atoms with E-state index in [1.807, 2.05) is 36.4 Å². The van der Waals surface area contributed by atoms with Crippen LogP contribution in [0, 0.1) is 0 Å². The lowest BCUT2D eigenvalue weighted by Gasteiger charge is -2.33. The summed E-state index contributed by atoms with van der Waals surface area (Å²) in [5.41, 5.74) is 7.01. The van der Waals surface area contributed by atoms with E-state index >= 15 is 0 Å². The maximum Gasteiger partial charge on any atom is 0.221 e. The molecule has 0 bridgehead atoms. The van der Waals surface area contributed by atoms with E-state index < -0.39 is 12.2 Å². The van der Waals surface area contributed by atoms with Gasteiger partial charge in [-0.2, -0.15) is 0 Å². The molecular formula is C42H52Cl6N4O7. The quantitative estimate of drug-likeness (QED) is 0.0856. The van der Waals surface area contributed by atoms with Crippen LogP contribution in [-0.4, -0.2) is 103 Å². The van der Waals surface area contributed by atoms with Crippen molar-refractivity contribution in [1.29, 1.82) is 0 Å². The number of β-amino-alcohol motifs (C(OH)–C–C–N with tert-alkyl or cyclic N) is 2. The Kier molecular flexibility index (Phi) is 21.9. The third-order valence-corrected chi connectivity index (χ3v) is 10.9. The van der Waals surface area contributed by atoms with Gasteiger partial charge in [-0.1, -0.05) is 70.7 Å². The topological polar surface area (TPSA) is 139 Å². The molecule has 0 saturated carbocycles. The van der Waals surface area contributed by atoms with E-state index in [9.17, 15) is 15.0 Å². The maximum atomic E-state index is 11.3. The molecular weight excluding hydrogens is 885 g/mol. The number of hydrogen-bond donors (Lipinski definition) is 4. The fraction of sp³-hybridized carbons (Fsp3) is 0.405. The molecule has 324 valence electrons. The van der Waals surface area contributed by atoms with Gasteiger partial charge in [0.25, 0.3) is 0 Å². The van der Waals surface area contributed by atoms with Crippen molar-refractivity contribution in [3.63, 3.8) is 0 Å². The smallest absolute Gasteiger partial charge is 0.221 e. The molecule has 2 aliphatic heterocycles. The number of ether oxygens (including phenoxy) is 4. The number of anilines is 2. The van der Waals surface area contributed by atoms with E-state index in [0.29, 0.717) is 61.8 Å². The number of rotatable bonds is 15. The van der Waals surface area contributed by atoms with Crippen molar-refractivity contribution >= 4 is 88.5 Å². The Bertz CT molecular complexity index is 1880. The molecule has 0 aliphatic carbocycles. The molecule has 11 nitrogen and oxygen atoms in total. The lowest BCUT2D eigenvalue weighted by atomic mass is 10.1. The summed E-state index contributed by atoms with van der Waals surface area (Å²) in [5, 5.41) is 25.4. The van der Waals surface area contributed by atoms with Gasteiger partial charge in [0.15, 0.2) is 0 Å². The molecule has 2 unspecified atom stereocenters. The second-order valence-electron chi connectivity index (χ2n) is 14.0. The van der Waals surface area contributed by atoms with E-state index in [2.05, 4.69) is 15.1 Å². The molecule has 6 rings (SSSR count). The maximum absolute atomic E-state index is 11.3. The Morgan fingerprint density at radius 3 is 1.54 bits per heavy atom. The first-order valence-corrected chi connectivity index (χ1v) is 20.4. The number of halogens is 6. The molecule has 5 N–H and O–H groups in total. The Labute approximate surface area is 378 Å². The molecule has 2 atom stereocenters. The van der Waals surface area contributed by atoms with Gasteiger partial charge in [-0.25, -0.2) is 0 Å². The second-order valence-corrected chi connectivity index (χ2v) is 15.7. The monoisotopic (exact) mass is 934 g/mol. The molecule has 4 aromatic carbocycles. The minimum atomic E-state index is -0.636. The largest absolute Gasteiger partial charge is 0.490 e. The third-order valence-electron chi connectivity index (χ3n) is 9.37. The van der Waals surface area contributed by atoms with Gasteiger partial charge in [0, 0.05) is 58.3 Å². The highest BCUT2D eigenvalue weighted by atomic mass is 35.5. The molecule has 2 saturated heterocycles. The number of aliphatic hydroxyl groups is 2. The first kappa shape index (κ1) is 50.3. The van der Waals surface area contributed by atoms with E-state index in [1.165, 1.54) is 6.92 Å². The average molecular weight is 938 g/mol. The predicted molar refractivity (Wildman–Crippen MR) is 242 cm³/mol. The lowest BCUT2D eigenvalue weighted by Crippen LogP contribution is -2.43. The molecule has 0 spiro atoms. The SMILES string of the molecule is CC(=O)Nc1ccccc1OCC(O)CN1CCC(Oc2ccc(Cl)c(Cl)c2)CC1.Cl.Cl.Nc1ccccc1OCC(O)CN1CCC(Oc2ccc(Cl)c(Cl)c2)CC1. The molecule has 2 heterocycles. The number of aliphatic hydroxyl groups excluding tert-OH is 2. The highest BCUT2D eigenvalue weighted by Crippen LogP contribution is 2.30. The van der Waals surface area contributed by atoms with E-state index in [4.69, 9.17) is 71.1 Å². The molecule has 2 aliphatic rings. The number of para-hydroxylation sites is 4. The van der Waals surface area contributed by atoms with Crippen LogP contribution >= 0.6 is 71.2 Å². The summed E-state index contributed by atoms with van der Waals surface area (Å²) < 4.78 is 23.3. The van der Waals surface area contributed by atoms with Gasteiger partial charge in [0.2, 0.25) is 5.91 Å². The molecule has 17 heteroatoms. The number of carbonyl (C=O) groups excluding carboxylic acids is 1. The first-order valence-electron chi connectivity index (χ1n) is 18.9. The van der Waals surface area contributed by atoms with Crippen molar-refractivity contribution in [2.24, 2.45) is 0 Å². The van der Waals surface area contributed by atoms with Crippen LogP contribution in [0.4, 0.5) is 11.4 Å². The number of carbonyl (C=O) groups is 1. The van der Waals surface area contributed by atoms with Crippen LogP contribution in [0.1, 0.15) is 32.6 Å². The summed E-state index contributed by atoms with van der Waals surface area (Å²) >= 11 is 23.9. The molecule has 59 heavy (non-hydrogen) atoms. The molecule has 2 fully saturated rings. The van der Waals surface area contributed by atoms with Crippen molar-refractivity contribution in [1.82, 2.24) is 9.80 Å².